The second-order valence-corrected chi connectivity index (χ2v) is 8.97. The lowest BCUT2D eigenvalue weighted by Gasteiger charge is -2.12. The van der Waals surface area contributed by atoms with Crippen molar-refractivity contribution in [3.05, 3.63) is 76.1 Å². The zero-order chi connectivity index (χ0) is 22.4. The van der Waals surface area contributed by atoms with E-state index in [4.69, 9.17) is 14.1 Å². The van der Waals surface area contributed by atoms with Crippen molar-refractivity contribution < 1.29 is 13.9 Å². The van der Waals surface area contributed by atoms with Gasteiger partial charge in [-0.05, 0) is 38.0 Å². The van der Waals surface area contributed by atoms with Crippen LogP contribution < -0.4 is 0 Å². The number of aliphatic imine (C=N–C) groups is 1. The summed E-state index contributed by atoms with van der Waals surface area (Å²) >= 11 is 1.69. The van der Waals surface area contributed by atoms with Crippen LogP contribution in [-0.4, -0.2) is 33.6 Å². The van der Waals surface area contributed by atoms with Crippen LogP contribution in [-0.2, 0) is 9.53 Å². The molecule has 0 aliphatic carbocycles. The van der Waals surface area contributed by atoms with Crippen LogP contribution in [0.1, 0.15) is 45.7 Å². The third-order valence-electron chi connectivity index (χ3n) is 5.84. The molecule has 1 aliphatic heterocycles. The number of hydrogen-bond donors (Lipinski definition) is 0. The first kappa shape index (κ1) is 20.4. The minimum Gasteiger partial charge on any atom is -0.472 e. The Morgan fingerprint density at radius 3 is 2.53 bits per heavy atom. The fourth-order valence-corrected chi connectivity index (χ4v) is 5.23. The number of furan rings is 1. The van der Waals surface area contributed by atoms with E-state index in [0.717, 1.165) is 38.8 Å². The number of ether oxygens (including phenoxy) is 1. The molecule has 0 spiro atoms. The molecule has 5 rings (SSSR count). The number of methoxy groups -OCH3 is 1. The topological polar surface area (TPSA) is 82.5 Å². The molecule has 162 valence electrons. The maximum Gasteiger partial charge on any atom is 0.308 e. The number of aromatic nitrogens is 3. The molecule has 7 nitrogen and oxygen atoms in total. The smallest absolute Gasteiger partial charge is 0.308 e. The van der Waals surface area contributed by atoms with E-state index < -0.39 is 6.04 Å². The van der Waals surface area contributed by atoms with E-state index in [0.29, 0.717) is 5.82 Å². The summed E-state index contributed by atoms with van der Waals surface area (Å²) in [5.74, 6) is 1.09. The van der Waals surface area contributed by atoms with Crippen molar-refractivity contribution in [2.45, 2.75) is 33.2 Å². The highest BCUT2D eigenvalue weighted by Gasteiger charge is 2.32. The summed E-state index contributed by atoms with van der Waals surface area (Å²) in [5.41, 5.74) is 6.13. The standard InChI is InChI=1S/C24H22N4O3S/c1-13-14(2)32-24-21(13)22(17-7-5-16(6-8-17)18-9-10-31-12-18)25-19(11-20(29)30-4)23-27-26-15(3)28(23)24/h5-10,12,19H,11H2,1-4H3/t19-/m0/s1. The van der Waals surface area contributed by atoms with Gasteiger partial charge in [0.05, 0.1) is 31.8 Å². The molecule has 3 aromatic heterocycles. The van der Waals surface area contributed by atoms with E-state index in [-0.39, 0.29) is 12.4 Å². The maximum absolute atomic E-state index is 12.2. The van der Waals surface area contributed by atoms with Crippen molar-refractivity contribution in [2.24, 2.45) is 4.99 Å². The molecule has 4 heterocycles. The van der Waals surface area contributed by atoms with Gasteiger partial charge in [-0.2, -0.15) is 0 Å². The largest absolute Gasteiger partial charge is 0.472 e. The van der Waals surface area contributed by atoms with Gasteiger partial charge < -0.3 is 9.15 Å². The van der Waals surface area contributed by atoms with Gasteiger partial charge in [0.25, 0.3) is 0 Å². The molecule has 0 fully saturated rings. The Morgan fingerprint density at radius 1 is 1.09 bits per heavy atom. The summed E-state index contributed by atoms with van der Waals surface area (Å²) in [7, 11) is 1.39. The summed E-state index contributed by atoms with van der Waals surface area (Å²) in [4.78, 5) is 18.5. The summed E-state index contributed by atoms with van der Waals surface area (Å²) in [6.45, 7) is 6.14. The molecule has 0 saturated carbocycles. The van der Waals surface area contributed by atoms with Crippen LogP contribution in [0.4, 0.5) is 0 Å². The molecule has 1 aliphatic rings. The van der Waals surface area contributed by atoms with Gasteiger partial charge in [-0.1, -0.05) is 24.3 Å². The Bertz CT molecular complexity index is 1330. The predicted octanol–water partition coefficient (Wildman–Crippen LogP) is 4.97. The minimum atomic E-state index is -0.494. The molecule has 1 aromatic carbocycles. The maximum atomic E-state index is 12.2. The first-order valence-electron chi connectivity index (χ1n) is 10.3. The van der Waals surface area contributed by atoms with E-state index >= 15 is 0 Å². The number of carbonyl (C=O) groups excluding carboxylic acids is 1. The lowest BCUT2D eigenvalue weighted by molar-refractivity contribution is -0.141. The van der Waals surface area contributed by atoms with Gasteiger partial charge in [-0.3, -0.25) is 14.4 Å². The predicted molar refractivity (Wildman–Crippen MR) is 123 cm³/mol. The summed E-state index contributed by atoms with van der Waals surface area (Å²) in [6, 6.07) is 9.68. The highest BCUT2D eigenvalue weighted by Crippen LogP contribution is 2.39. The SMILES string of the molecule is COC(=O)C[C@@H]1N=C(c2ccc(-c3ccoc3)cc2)c2c(sc(C)c2C)-n2c(C)nnc21. The van der Waals surface area contributed by atoms with Crippen LogP contribution in [0.25, 0.3) is 16.1 Å². The van der Waals surface area contributed by atoms with Crippen molar-refractivity contribution in [2.75, 3.05) is 7.11 Å². The lowest BCUT2D eigenvalue weighted by atomic mass is 9.97. The molecular weight excluding hydrogens is 424 g/mol. The van der Waals surface area contributed by atoms with E-state index in [1.165, 1.54) is 17.6 Å². The van der Waals surface area contributed by atoms with E-state index in [1.807, 2.05) is 17.6 Å². The van der Waals surface area contributed by atoms with Gasteiger partial charge in [-0.25, -0.2) is 0 Å². The molecule has 32 heavy (non-hydrogen) atoms. The monoisotopic (exact) mass is 446 g/mol. The molecule has 1 atom stereocenters. The highest BCUT2D eigenvalue weighted by atomic mass is 32.1. The fraction of sp³-hybridized carbons (Fsp3) is 0.250. The van der Waals surface area contributed by atoms with Crippen molar-refractivity contribution in [3.63, 3.8) is 0 Å². The van der Waals surface area contributed by atoms with Crippen molar-refractivity contribution >= 4 is 23.0 Å². The number of benzene rings is 1. The van der Waals surface area contributed by atoms with Gasteiger partial charge in [-0.15, -0.1) is 21.5 Å². The Kier molecular flexibility index (Phi) is 5.01. The van der Waals surface area contributed by atoms with Crippen LogP contribution in [0.2, 0.25) is 0 Å². The number of aryl methyl sites for hydroxylation is 2. The molecular formula is C24H22N4O3S. The molecule has 0 saturated heterocycles. The van der Waals surface area contributed by atoms with E-state index in [2.05, 4.69) is 48.3 Å². The van der Waals surface area contributed by atoms with Crippen LogP contribution in [0, 0.1) is 20.8 Å². The summed E-state index contributed by atoms with van der Waals surface area (Å²) in [6.07, 6.45) is 3.49. The third-order valence-corrected chi connectivity index (χ3v) is 7.03. The first-order chi connectivity index (χ1) is 15.5. The van der Waals surface area contributed by atoms with Crippen LogP contribution in [0.5, 0.6) is 0 Å². The van der Waals surface area contributed by atoms with Gasteiger partial charge in [0.2, 0.25) is 0 Å². The Hall–Kier alpha value is -3.52. The second kappa shape index (κ2) is 7.87. The summed E-state index contributed by atoms with van der Waals surface area (Å²) < 4.78 is 12.2. The van der Waals surface area contributed by atoms with Crippen LogP contribution in [0.15, 0.2) is 52.3 Å². The van der Waals surface area contributed by atoms with Gasteiger partial charge in [0.1, 0.15) is 16.9 Å². The normalized spacial score (nSPS) is 15.0. The zero-order valence-electron chi connectivity index (χ0n) is 18.2. The average molecular weight is 447 g/mol. The van der Waals surface area contributed by atoms with Crippen molar-refractivity contribution in [3.8, 4) is 16.1 Å². The number of rotatable bonds is 4. The number of nitrogens with zero attached hydrogens (tertiary/aromatic N) is 4. The number of fused-ring (bicyclic) bond motifs is 3. The average Bonchev–Trinajstić information content (AvgIpc) is 3.50. The zero-order valence-corrected chi connectivity index (χ0v) is 19.1. The number of carbonyl (C=O) groups is 1. The lowest BCUT2D eigenvalue weighted by Crippen LogP contribution is -2.12. The number of hydrogen-bond acceptors (Lipinski definition) is 7. The van der Waals surface area contributed by atoms with E-state index in [1.54, 1.807) is 23.9 Å². The first-order valence-corrected chi connectivity index (χ1v) is 11.1. The molecule has 0 amide bonds. The quantitative estimate of drug-likeness (QED) is 0.414. The molecule has 8 heteroatoms. The van der Waals surface area contributed by atoms with Gasteiger partial charge >= 0.3 is 5.97 Å². The number of thiophene rings is 1. The summed E-state index contributed by atoms with van der Waals surface area (Å²) in [5, 5.41) is 9.71. The van der Waals surface area contributed by atoms with Crippen molar-refractivity contribution in [1.82, 2.24) is 14.8 Å². The van der Waals surface area contributed by atoms with Gasteiger partial charge in [0.15, 0.2) is 5.82 Å². The van der Waals surface area contributed by atoms with Crippen LogP contribution >= 0.6 is 11.3 Å². The van der Waals surface area contributed by atoms with Crippen molar-refractivity contribution in [1.29, 1.82) is 0 Å². The van der Waals surface area contributed by atoms with Crippen LogP contribution in [0.3, 0.4) is 0 Å². The minimum absolute atomic E-state index is 0.0954. The number of esters is 1. The fourth-order valence-electron chi connectivity index (χ4n) is 4.02. The molecule has 4 aromatic rings. The van der Waals surface area contributed by atoms with E-state index in [9.17, 15) is 4.79 Å². The second-order valence-electron chi connectivity index (χ2n) is 7.77. The Labute approximate surface area is 189 Å². The molecule has 0 unspecified atom stereocenters. The highest BCUT2D eigenvalue weighted by molar-refractivity contribution is 7.15. The molecule has 0 N–H and O–H groups in total. The molecule has 0 radical (unpaired) electrons. The van der Waals surface area contributed by atoms with Gasteiger partial charge in [0, 0.05) is 21.6 Å². The molecule has 0 bridgehead atoms. The Morgan fingerprint density at radius 2 is 1.84 bits per heavy atom. The Balaban J connectivity index is 1.70. The third kappa shape index (κ3) is 3.27.